The molecule has 286 valence electrons. The van der Waals surface area contributed by atoms with Gasteiger partial charge >= 0.3 is 0 Å². The fraction of sp³-hybridized carbons (Fsp3) is 0.193. The van der Waals surface area contributed by atoms with Gasteiger partial charge in [-0.05, 0) is 119 Å². The number of fused-ring (bicyclic) bond motifs is 4. The first-order valence-corrected chi connectivity index (χ1v) is 20.8. The number of para-hydroxylation sites is 1. The summed E-state index contributed by atoms with van der Waals surface area (Å²) in [6, 6.07) is 65.6. The maximum atomic E-state index is 2.46. The molecule has 0 fully saturated rings. The lowest BCUT2D eigenvalue weighted by molar-refractivity contribution is 0.589. The summed E-state index contributed by atoms with van der Waals surface area (Å²) in [5.41, 5.74) is 18.9. The Kier molecular flexibility index (Phi) is 9.05. The van der Waals surface area contributed by atoms with Gasteiger partial charge in [-0.3, -0.25) is 0 Å². The summed E-state index contributed by atoms with van der Waals surface area (Å²) in [4.78, 5) is 2.46. The van der Waals surface area contributed by atoms with Gasteiger partial charge in [0, 0.05) is 22.4 Å². The van der Waals surface area contributed by atoms with E-state index in [-0.39, 0.29) is 16.2 Å². The van der Waals surface area contributed by atoms with Crippen LogP contribution in [-0.2, 0) is 16.2 Å². The van der Waals surface area contributed by atoms with Crippen molar-refractivity contribution in [1.29, 1.82) is 0 Å². The SMILES string of the molecule is CC(C)(C)c1ccc2c(c1)-c1ccc(N(c3ccc(-c4cccc5cc(C(C)(C)C)cc(-c6ccccc6)c45)cc3)c3ccccc3-c3ccccc3)cc1C2(C)C. The molecule has 0 atom stereocenters. The summed E-state index contributed by atoms with van der Waals surface area (Å²) in [5.74, 6) is 0. The van der Waals surface area contributed by atoms with Gasteiger partial charge in [0.2, 0.25) is 0 Å². The highest BCUT2D eigenvalue weighted by atomic mass is 15.1. The number of rotatable bonds is 6. The van der Waals surface area contributed by atoms with Gasteiger partial charge in [0.05, 0.1) is 5.69 Å². The standard InChI is InChI=1S/C57H53N/c1-55(2,3)42-28-33-51-50(35-42)48-32-31-45(37-52(48)57(51,7)8)58(53-25-16-15-23-46(53)38-18-11-9-12-19-38)44-29-26-40(27-30-44)47-24-17-22-41-34-43(56(4,5)6)36-49(54(41)47)39-20-13-10-14-21-39/h9-37H,1-8H3. The van der Waals surface area contributed by atoms with E-state index in [0.29, 0.717) is 0 Å². The third-order valence-electron chi connectivity index (χ3n) is 12.4. The predicted molar refractivity (Wildman–Crippen MR) is 250 cm³/mol. The van der Waals surface area contributed by atoms with E-state index in [1.165, 1.54) is 77.5 Å². The van der Waals surface area contributed by atoms with Crippen molar-refractivity contribution in [2.24, 2.45) is 0 Å². The first kappa shape index (κ1) is 37.4. The number of benzene rings is 8. The molecule has 0 aromatic heterocycles. The molecule has 0 bridgehead atoms. The van der Waals surface area contributed by atoms with Crippen LogP contribution in [0.25, 0.3) is 55.3 Å². The van der Waals surface area contributed by atoms with Crippen LogP contribution in [0, 0.1) is 0 Å². The Balaban J connectivity index is 1.21. The number of nitrogens with zero attached hydrogens (tertiary/aromatic N) is 1. The minimum Gasteiger partial charge on any atom is -0.310 e. The third-order valence-corrected chi connectivity index (χ3v) is 12.4. The van der Waals surface area contributed by atoms with E-state index < -0.39 is 0 Å². The monoisotopic (exact) mass is 751 g/mol. The second kappa shape index (κ2) is 14.0. The molecule has 0 unspecified atom stereocenters. The molecule has 1 aliphatic carbocycles. The molecule has 0 amide bonds. The van der Waals surface area contributed by atoms with Gasteiger partial charge in [0.1, 0.15) is 0 Å². The van der Waals surface area contributed by atoms with E-state index in [0.717, 1.165) is 17.1 Å². The fourth-order valence-electron chi connectivity index (χ4n) is 9.04. The Morgan fingerprint density at radius 3 is 1.62 bits per heavy atom. The second-order valence-corrected chi connectivity index (χ2v) is 18.7. The number of anilines is 3. The zero-order valence-electron chi connectivity index (χ0n) is 35.2. The van der Waals surface area contributed by atoms with Crippen molar-refractivity contribution in [3.63, 3.8) is 0 Å². The number of hydrogen-bond donors (Lipinski definition) is 0. The van der Waals surface area contributed by atoms with Crippen LogP contribution >= 0.6 is 0 Å². The van der Waals surface area contributed by atoms with Crippen LogP contribution in [-0.4, -0.2) is 0 Å². The van der Waals surface area contributed by atoms with Crippen LogP contribution in [0.2, 0.25) is 0 Å². The lowest BCUT2D eigenvalue weighted by atomic mass is 9.80. The molecule has 0 N–H and O–H groups in total. The normalized spacial score (nSPS) is 13.3. The van der Waals surface area contributed by atoms with Crippen LogP contribution in [0.4, 0.5) is 17.1 Å². The maximum absolute atomic E-state index is 2.46. The van der Waals surface area contributed by atoms with Crippen molar-refractivity contribution >= 4 is 27.8 Å². The van der Waals surface area contributed by atoms with Gasteiger partial charge in [0.15, 0.2) is 0 Å². The summed E-state index contributed by atoms with van der Waals surface area (Å²) in [7, 11) is 0. The van der Waals surface area contributed by atoms with E-state index in [4.69, 9.17) is 0 Å². The van der Waals surface area contributed by atoms with Crippen LogP contribution < -0.4 is 4.90 Å². The first-order valence-electron chi connectivity index (χ1n) is 20.8. The molecule has 0 heterocycles. The van der Waals surface area contributed by atoms with Gasteiger partial charge in [-0.25, -0.2) is 0 Å². The molecule has 0 radical (unpaired) electrons. The van der Waals surface area contributed by atoms with Crippen molar-refractivity contribution in [3.8, 4) is 44.5 Å². The molecule has 1 aliphatic rings. The van der Waals surface area contributed by atoms with E-state index in [2.05, 4.69) is 236 Å². The molecule has 0 saturated heterocycles. The van der Waals surface area contributed by atoms with E-state index >= 15 is 0 Å². The highest BCUT2D eigenvalue weighted by Gasteiger charge is 2.37. The van der Waals surface area contributed by atoms with Crippen molar-refractivity contribution in [1.82, 2.24) is 0 Å². The highest BCUT2D eigenvalue weighted by Crippen LogP contribution is 2.52. The van der Waals surface area contributed by atoms with Gasteiger partial charge < -0.3 is 4.90 Å². The van der Waals surface area contributed by atoms with Crippen LogP contribution in [0.3, 0.4) is 0 Å². The molecule has 0 spiro atoms. The summed E-state index contributed by atoms with van der Waals surface area (Å²) < 4.78 is 0. The van der Waals surface area contributed by atoms with Crippen LogP contribution in [0.15, 0.2) is 176 Å². The van der Waals surface area contributed by atoms with Gasteiger partial charge in [0.25, 0.3) is 0 Å². The minimum absolute atomic E-state index is 0.0276. The molecule has 8 aromatic rings. The molecular formula is C57H53N. The zero-order chi connectivity index (χ0) is 40.4. The Labute approximate surface area is 345 Å². The summed E-state index contributed by atoms with van der Waals surface area (Å²) in [6.07, 6.45) is 0. The van der Waals surface area contributed by atoms with Crippen LogP contribution in [0.5, 0.6) is 0 Å². The molecule has 58 heavy (non-hydrogen) atoms. The molecule has 1 nitrogen and oxygen atoms in total. The lowest BCUT2D eigenvalue weighted by Gasteiger charge is -2.30. The number of hydrogen-bond acceptors (Lipinski definition) is 1. The van der Waals surface area contributed by atoms with E-state index in [1.54, 1.807) is 0 Å². The Morgan fingerprint density at radius 2 is 0.948 bits per heavy atom. The Bertz CT molecular complexity index is 2790. The van der Waals surface area contributed by atoms with Crippen molar-refractivity contribution < 1.29 is 0 Å². The molecule has 9 rings (SSSR count). The fourth-order valence-corrected chi connectivity index (χ4v) is 9.04. The van der Waals surface area contributed by atoms with Crippen LogP contribution in [0.1, 0.15) is 77.6 Å². The second-order valence-electron chi connectivity index (χ2n) is 18.7. The topological polar surface area (TPSA) is 3.24 Å². The van der Waals surface area contributed by atoms with Gasteiger partial charge in [-0.15, -0.1) is 0 Å². The molecule has 0 saturated carbocycles. The first-order chi connectivity index (χ1) is 27.8. The predicted octanol–water partition coefficient (Wildman–Crippen LogP) is 16.2. The Hall–Kier alpha value is -6.18. The summed E-state index contributed by atoms with van der Waals surface area (Å²) in [5, 5.41) is 2.55. The maximum Gasteiger partial charge on any atom is 0.0540 e. The van der Waals surface area contributed by atoms with Crippen molar-refractivity contribution in [3.05, 3.63) is 198 Å². The minimum atomic E-state index is -0.136. The van der Waals surface area contributed by atoms with Gasteiger partial charge in [-0.1, -0.05) is 195 Å². The molecular weight excluding hydrogens is 699 g/mol. The third kappa shape index (κ3) is 6.53. The smallest absolute Gasteiger partial charge is 0.0540 e. The Morgan fingerprint density at radius 1 is 0.379 bits per heavy atom. The molecule has 1 heteroatoms. The summed E-state index contributed by atoms with van der Waals surface area (Å²) >= 11 is 0. The van der Waals surface area contributed by atoms with Crippen molar-refractivity contribution in [2.75, 3.05) is 4.90 Å². The van der Waals surface area contributed by atoms with Gasteiger partial charge in [-0.2, -0.15) is 0 Å². The van der Waals surface area contributed by atoms with E-state index in [9.17, 15) is 0 Å². The molecule has 8 aromatic carbocycles. The molecule has 0 aliphatic heterocycles. The van der Waals surface area contributed by atoms with Crippen molar-refractivity contribution in [2.45, 2.75) is 71.6 Å². The average molecular weight is 752 g/mol. The quantitative estimate of drug-likeness (QED) is 0.164. The zero-order valence-corrected chi connectivity index (χ0v) is 35.2. The highest BCUT2D eigenvalue weighted by molar-refractivity contribution is 6.07. The lowest BCUT2D eigenvalue weighted by Crippen LogP contribution is -2.17. The average Bonchev–Trinajstić information content (AvgIpc) is 3.45. The van der Waals surface area contributed by atoms with E-state index in [1.807, 2.05) is 0 Å². The largest absolute Gasteiger partial charge is 0.310 e. The summed E-state index contributed by atoms with van der Waals surface area (Å²) in [6.45, 7) is 18.6.